The average Bonchev–Trinajstić information content (AvgIpc) is 2.33. The number of fused-ring (bicyclic) bond motifs is 1. The fourth-order valence-corrected chi connectivity index (χ4v) is 1.26. The molecule has 0 bridgehead atoms. The Morgan fingerprint density at radius 1 is 1.67 bits per heavy atom. The number of allylic oxidation sites excluding steroid dienone is 1. The van der Waals surface area contributed by atoms with Gasteiger partial charge in [0.1, 0.15) is 6.04 Å². The molecule has 2 aliphatic rings. The average molecular weight is 123 g/mol. The second-order valence-electron chi connectivity index (χ2n) is 2.43. The maximum Gasteiger partial charge on any atom is 0.114 e. The summed E-state index contributed by atoms with van der Waals surface area (Å²) in [5, 5.41) is 7.74. The van der Waals surface area contributed by atoms with Crippen molar-refractivity contribution in [2.24, 2.45) is 10.3 Å². The van der Waals surface area contributed by atoms with Gasteiger partial charge < -0.3 is 0 Å². The summed E-state index contributed by atoms with van der Waals surface area (Å²) >= 11 is 0. The Morgan fingerprint density at radius 2 is 2.67 bits per heavy atom. The smallest absolute Gasteiger partial charge is 0.114 e. The summed E-state index contributed by atoms with van der Waals surface area (Å²) in [4.78, 5) is 0. The van der Waals surface area contributed by atoms with Crippen molar-refractivity contribution >= 4 is 0 Å². The first-order chi connectivity index (χ1) is 4.47. The van der Waals surface area contributed by atoms with Gasteiger partial charge in [-0.05, 0) is 19.3 Å². The predicted octanol–water partition coefficient (Wildman–Crippen LogP) is 1.39. The van der Waals surface area contributed by atoms with Gasteiger partial charge in [-0.3, -0.25) is 5.43 Å². The van der Waals surface area contributed by atoms with E-state index in [0.717, 1.165) is 0 Å². The standard InChI is InChI=1S/C6H9N3/c1-2-4-6-5(3-1)7-9-8-6/h3,6H,1-2,4H2,(H,7,8). The molecule has 0 radical (unpaired) electrons. The molecule has 3 heteroatoms. The van der Waals surface area contributed by atoms with E-state index >= 15 is 0 Å². The van der Waals surface area contributed by atoms with E-state index in [4.69, 9.17) is 0 Å². The largest absolute Gasteiger partial charge is 0.262 e. The SMILES string of the molecule is C1=C2NN=NC2CCC1. The third-order valence-corrected chi connectivity index (χ3v) is 1.78. The number of rotatable bonds is 0. The van der Waals surface area contributed by atoms with Crippen LogP contribution in [0.15, 0.2) is 22.1 Å². The van der Waals surface area contributed by atoms with Crippen molar-refractivity contribution < 1.29 is 0 Å². The number of hydrogen-bond donors (Lipinski definition) is 1. The van der Waals surface area contributed by atoms with E-state index in [9.17, 15) is 0 Å². The molecule has 1 N–H and O–H groups in total. The van der Waals surface area contributed by atoms with Crippen LogP contribution < -0.4 is 5.43 Å². The van der Waals surface area contributed by atoms with Crippen LogP contribution in [0.1, 0.15) is 19.3 Å². The normalized spacial score (nSPS) is 31.1. The fourth-order valence-electron chi connectivity index (χ4n) is 1.26. The van der Waals surface area contributed by atoms with Crippen molar-refractivity contribution in [3.05, 3.63) is 11.8 Å². The first kappa shape index (κ1) is 4.97. The van der Waals surface area contributed by atoms with E-state index in [0.29, 0.717) is 6.04 Å². The van der Waals surface area contributed by atoms with Gasteiger partial charge in [0, 0.05) is 0 Å². The lowest BCUT2D eigenvalue weighted by Gasteiger charge is -2.11. The Kier molecular flexibility index (Phi) is 1.01. The summed E-state index contributed by atoms with van der Waals surface area (Å²) < 4.78 is 0. The topological polar surface area (TPSA) is 36.8 Å². The minimum atomic E-state index is 0.374. The van der Waals surface area contributed by atoms with Gasteiger partial charge in [-0.1, -0.05) is 11.3 Å². The van der Waals surface area contributed by atoms with Crippen molar-refractivity contribution in [3.63, 3.8) is 0 Å². The zero-order chi connectivity index (χ0) is 6.10. The molecule has 0 saturated carbocycles. The second kappa shape index (κ2) is 1.83. The maximum atomic E-state index is 4.00. The predicted molar refractivity (Wildman–Crippen MR) is 33.7 cm³/mol. The zero-order valence-corrected chi connectivity index (χ0v) is 5.17. The zero-order valence-electron chi connectivity index (χ0n) is 5.17. The van der Waals surface area contributed by atoms with Crippen LogP contribution in [0.2, 0.25) is 0 Å². The van der Waals surface area contributed by atoms with Crippen LogP contribution in [0.3, 0.4) is 0 Å². The summed E-state index contributed by atoms with van der Waals surface area (Å²) in [6.45, 7) is 0. The van der Waals surface area contributed by atoms with Crippen molar-refractivity contribution in [2.75, 3.05) is 0 Å². The summed E-state index contributed by atoms with van der Waals surface area (Å²) in [6, 6.07) is 0.374. The van der Waals surface area contributed by atoms with Gasteiger partial charge in [-0.25, -0.2) is 0 Å². The van der Waals surface area contributed by atoms with E-state index in [1.165, 1.54) is 25.0 Å². The molecule has 1 heterocycles. The molecular weight excluding hydrogens is 114 g/mol. The Morgan fingerprint density at radius 3 is 3.56 bits per heavy atom. The van der Waals surface area contributed by atoms with Gasteiger partial charge in [0.15, 0.2) is 0 Å². The monoisotopic (exact) mass is 123 g/mol. The Hall–Kier alpha value is -0.860. The molecule has 0 aromatic rings. The molecular formula is C6H9N3. The van der Waals surface area contributed by atoms with Gasteiger partial charge in [-0.2, -0.15) is 5.11 Å². The molecule has 1 aliphatic heterocycles. The first-order valence-corrected chi connectivity index (χ1v) is 3.33. The van der Waals surface area contributed by atoms with Crippen molar-refractivity contribution in [1.29, 1.82) is 0 Å². The van der Waals surface area contributed by atoms with Gasteiger partial charge in [-0.15, -0.1) is 0 Å². The molecule has 3 nitrogen and oxygen atoms in total. The van der Waals surface area contributed by atoms with Gasteiger partial charge in [0.05, 0.1) is 5.70 Å². The van der Waals surface area contributed by atoms with Crippen LogP contribution in [0.25, 0.3) is 0 Å². The lowest BCUT2D eigenvalue weighted by atomic mass is 10.0. The molecule has 9 heavy (non-hydrogen) atoms. The van der Waals surface area contributed by atoms with Gasteiger partial charge in [0.25, 0.3) is 0 Å². The lowest BCUT2D eigenvalue weighted by Crippen LogP contribution is -2.14. The van der Waals surface area contributed by atoms with Crippen LogP contribution in [0, 0.1) is 0 Å². The highest BCUT2D eigenvalue weighted by molar-refractivity contribution is 5.13. The fraction of sp³-hybridized carbons (Fsp3) is 0.667. The van der Waals surface area contributed by atoms with Crippen LogP contribution in [-0.4, -0.2) is 6.04 Å². The number of nitrogens with zero attached hydrogens (tertiary/aromatic N) is 2. The molecule has 1 atom stereocenters. The maximum absolute atomic E-state index is 4.00. The van der Waals surface area contributed by atoms with E-state index in [1.54, 1.807) is 0 Å². The van der Waals surface area contributed by atoms with Crippen LogP contribution in [-0.2, 0) is 0 Å². The Bertz CT molecular complexity index is 171. The molecule has 0 aromatic heterocycles. The van der Waals surface area contributed by atoms with Crippen LogP contribution in [0.4, 0.5) is 0 Å². The van der Waals surface area contributed by atoms with E-state index in [-0.39, 0.29) is 0 Å². The van der Waals surface area contributed by atoms with Crippen molar-refractivity contribution in [3.8, 4) is 0 Å². The molecule has 1 unspecified atom stereocenters. The van der Waals surface area contributed by atoms with E-state index in [1.807, 2.05) is 0 Å². The van der Waals surface area contributed by atoms with E-state index in [2.05, 4.69) is 21.8 Å². The number of hydrogen-bond acceptors (Lipinski definition) is 3. The highest BCUT2D eigenvalue weighted by Gasteiger charge is 2.20. The van der Waals surface area contributed by atoms with Crippen molar-refractivity contribution in [2.45, 2.75) is 25.3 Å². The molecule has 1 aliphatic carbocycles. The summed E-state index contributed by atoms with van der Waals surface area (Å²) in [6.07, 6.45) is 5.80. The molecule has 0 spiro atoms. The lowest BCUT2D eigenvalue weighted by molar-refractivity contribution is 0.620. The highest BCUT2D eigenvalue weighted by Crippen LogP contribution is 2.22. The number of nitrogens with one attached hydrogen (secondary N) is 1. The summed E-state index contributed by atoms with van der Waals surface area (Å²) in [5.41, 5.74) is 4.09. The van der Waals surface area contributed by atoms with Crippen LogP contribution in [0.5, 0.6) is 0 Å². The third kappa shape index (κ3) is 0.724. The molecule has 48 valence electrons. The Balaban J connectivity index is 2.22. The van der Waals surface area contributed by atoms with Gasteiger partial charge in [0.2, 0.25) is 0 Å². The molecule has 0 saturated heterocycles. The summed E-state index contributed by atoms with van der Waals surface area (Å²) in [5.74, 6) is 0. The molecule has 0 aromatic carbocycles. The first-order valence-electron chi connectivity index (χ1n) is 3.33. The highest BCUT2D eigenvalue weighted by atomic mass is 15.5. The molecule has 0 fully saturated rings. The molecule has 0 amide bonds. The second-order valence-corrected chi connectivity index (χ2v) is 2.43. The minimum Gasteiger partial charge on any atom is -0.262 e. The van der Waals surface area contributed by atoms with Crippen molar-refractivity contribution in [1.82, 2.24) is 5.43 Å². The summed E-state index contributed by atoms with van der Waals surface area (Å²) in [7, 11) is 0. The third-order valence-electron chi connectivity index (χ3n) is 1.78. The molecule has 2 rings (SSSR count). The minimum absolute atomic E-state index is 0.374. The van der Waals surface area contributed by atoms with Gasteiger partial charge >= 0.3 is 0 Å². The Labute approximate surface area is 53.8 Å². The van der Waals surface area contributed by atoms with E-state index < -0.39 is 0 Å². The quantitative estimate of drug-likeness (QED) is 0.519. The van der Waals surface area contributed by atoms with Crippen LogP contribution >= 0.6 is 0 Å².